The molecule has 0 saturated carbocycles. The molecule has 0 aromatic carbocycles. The normalized spacial score (nSPS) is 19.7. The quantitative estimate of drug-likeness (QED) is 0.791. The Hall–Kier alpha value is -0.220. The van der Waals surface area contributed by atoms with Crippen LogP contribution >= 0.6 is 11.8 Å². The molecule has 0 bridgehead atoms. The summed E-state index contributed by atoms with van der Waals surface area (Å²) >= 11 is 1.95. The summed E-state index contributed by atoms with van der Waals surface area (Å²) in [6.07, 6.45) is 2.21. The molecular weight excluding hydrogens is 208 g/mol. The maximum atomic E-state index is 11.8. The molecule has 0 spiro atoms. The van der Waals surface area contributed by atoms with Crippen molar-refractivity contribution >= 4 is 17.7 Å². The molecule has 1 saturated heterocycles. The molecule has 1 aliphatic rings. The molecule has 1 atom stereocenters. The zero-order valence-electron chi connectivity index (χ0n) is 9.79. The number of hydrogen-bond donors (Lipinski definition) is 1. The number of nitrogens with zero attached hydrogens (tertiary/aromatic N) is 1. The summed E-state index contributed by atoms with van der Waals surface area (Å²) in [4.78, 5) is 13.8. The van der Waals surface area contributed by atoms with E-state index >= 15 is 0 Å². The smallest absolute Gasteiger partial charge is 0.236 e. The largest absolute Gasteiger partial charge is 0.341 e. The number of carbonyl (C=O) groups is 1. The molecule has 88 valence electrons. The van der Waals surface area contributed by atoms with Gasteiger partial charge in [-0.3, -0.25) is 4.79 Å². The first-order valence-corrected chi connectivity index (χ1v) is 6.98. The van der Waals surface area contributed by atoms with Crippen LogP contribution in [0.2, 0.25) is 0 Å². The molecule has 1 fully saturated rings. The lowest BCUT2D eigenvalue weighted by Gasteiger charge is -2.21. The molecular formula is C11H22N2OS. The van der Waals surface area contributed by atoms with E-state index in [0.29, 0.717) is 12.6 Å². The number of rotatable bonds is 4. The highest BCUT2D eigenvalue weighted by Gasteiger charge is 2.15. The van der Waals surface area contributed by atoms with E-state index in [1.165, 1.54) is 5.75 Å². The van der Waals surface area contributed by atoms with Crippen LogP contribution in [0.25, 0.3) is 0 Å². The zero-order valence-corrected chi connectivity index (χ0v) is 10.6. The van der Waals surface area contributed by atoms with Crippen LogP contribution in [0.5, 0.6) is 0 Å². The lowest BCUT2D eigenvalue weighted by Crippen LogP contribution is -2.41. The van der Waals surface area contributed by atoms with Crippen LogP contribution < -0.4 is 5.32 Å². The summed E-state index contributed by atoms with van der Waals surface area (Å²) in [5.74, 6) is 2.55. The Morgan fingerprint density at radius 2 is 2.27 bits per heavy atom. The lowest BCUT2D eigenvalue weighted by atomic mass is 10.2. The predicted octanol–water partition coefficient (Wildman–Crippen LogP) is 1.34. The van der Waals surface area contributed by atoms with Gasteiger partial charge in [-0.1, -0.05) is 6.92 Å². The van der Waals surface area contributed by atoms with E-state index in [1.54, 1.807) is 0 Å². The Kier molecular flexibility index (Phi) is 6.10. The second-order valence-electron chi connectivity index (χ2n) is 4.04. The first-order valence-electron chi connectivity index (χ1n) is 5.83. The van der Waals surface area contributed by atoms with E-state index in [2.05, 4.69) is 19.2 Å². The van der Waals surface area contributed by atoms with Crippen LogP contribution in [0.15, 0.2) is 0 Å². The highest BCUT2D eigenvalue weighted by molar-refractivity contribution is 7.99. The number of nitrogens with one attached hydrogen (secondary N) is 1. The lowest BCUT2D eigenvalue weighted by molar-refractivity contribution is -0.130. The van der Waals surface area contributed by atoms with Gasteiger partial charge in [0.2, 0.25) is 5.91 Å². The number of carbonyl (C=O) groups excluding carboxylic acids is 1. The van der Waals surface area contributed by atoms with Crippen molar-refractivity contribution in [1.29, 1.82) is 0 Å². The topological polar surface area (TPSA) is 32.3 Å². The van der Waals surface area contributed by atoms with Crippen molar-refractivity contribution in [2.45, 2.75) is 32.7 Å². The van der Waals surface area contributed by atoms with Gasteiger partial charge in [0.1, 0.15) is 0 Å². The van der Waals surface area contributed by atoms with Crippen LogP contribution in [0.1, 0.15) is 26.7 Å². The number of amides is 1. The van der Waals surface area contributed by atoms with Crippen LogP contribution in [0, 0.1) is 0 Å². The summed E-state index contributed by atoms with van der Waals surface area (Å²) in [6.45, 7) is 6.61. The molecule has 3 nitrogen and oxygen atoms in total. The molecule has 1 rings (SSSR count). The zero-order chi connectivity index (χ0) is 11.1. The van der Waals surface area contributed by atoms with Crippen molar-refractivity contribution in [2.75, 3.05) is 31.1 Å². The van der Waals surface area contributed by atoms with E-state index in [4.69, 9.17) is 0 Å². The molecule has 0 radical (unpaired) electrons. The molecule has 1 unspecified atom stereocenters. The van der Waals surface area contributed by atoms with Gasteiger partial charge in [-0.25, -0.2) is 0 Å². The van der Waals surface area contributed by atoms with Gasteiger partial charge in [-0.2, -0.15) is 11.8 Å². The predicted molar refractivity (Wildman–Crippen MR) is 66.3 cm³/mol. The van der Waals surface area contributed by atoms with Gasteiger partial charge in [0.15, 0.2) is 0 Å². The van der Waals surface area contributed by atoms with E-state index in [1.807, 2.05) is 16.7 Å². The summed E-state index contributed by atoms with van der Waals surface area (Å²) in [5.41, 5.74) is 0. The third kappa shape index (κ3) is 4.89. The fraction of sp³-hybridized carbons (Fsp3) is 0.909. The van der Waals surface area contributed by atoms with Crippen LogP contribution in [0.4, 0.5) is 0 Å². The van der Waals surface area contributed by atoms with E-state index in [-0.39, 0.29) is 5.91 Å². The van der Waals surface area contributed by atoms with Gasteiger partial charge in [0, 0.05) is 24.9 Å². The minimum atomic E-state index is 0.262. The molecule has 0 aliphatic carbocycles. The van der Waals surface area contributed by atoms with E-state index < -0.39 is 0 Å². The maximum absolute atomic E-state index is 11.8. The summed E-state index contributed by atoms with van der Waals surface area (Å²) in [7, 11) is 0. The Bertz CT molecular complexity index is 191. The summed E-state index contributed by atoms with van der Waals surface area (Å²) in [5, 5.41) is 3.25. The molecule has 1 aliphatic heterocycles. The highest BCUT2D eigenvalue weighted by atomic mass is 32.2. The minimum absolute atomic E-state index is 0.262. The van der Waals surface area contributed by atoms with Gasteiger partial charge in [-0.05, 0) is 25.5 Å². The van der Waals surface area contributed by atoms with Gasteiger partial charge >= 0.3 is 0 Å². The van der Waals surface area contributed by atoms with Crippen LogP contribution in [-0.2, 0) is 4.79 Å². The SMILES string of the molecule is CCC(C)NCC(=O)N1CCCSCC1. The Morgan fingerprint density at radius 1 is 1.47 bits per heavy atom. The van der Waals surface area contributed by atoms with Crippen LogP contribution in [-0.4, -0.2) is 48.0 Å². The highest BCUT2D eigenvalue weighted by Crippen LogP contribution is 2.09. The second-order valence-corrected chi connectivity index (χ2v) is 5.26. The van der Waals surface area contributed by atoms with Gasteiger partial charge in [-0.15, -0.1) is 0 Å². The molecule has 1 amide bonds. The molecule has 0 aromatic heterocycles. The summed E-state index contributed by atoms with van der Waals surface area (Å²) in [6, 6.07) is 0.440. The molecule has 1 N–H and O–H groups in total. The fourth-order valence-corrected chi connectivity index (χ4v) is 2.40. The van der Waals surface area contributed by atoms with Crippen molar-refractivity contribution in [3.63, 3.8) is 0 Å². The Balaban J connectivity index is 2.25. The monoisotopic (exact) mass is 230 g/mol. The minimum Gasteiger partial charge on any atom is -0.341 e. The van der Waals surface area contributed by atoms with Crippen molar-refractivity contribution in [1.82, 2.24) is 10.2 Å². The number of thioether (sulfide) groups is 1. The first kappa shape index (κ1) is 12.8. The van der Waals surface area contributed by atoms with Crippen molar-refractivity contribution in [2.24, 2.45) is 0 Å². The van der Waals surface area contributed by atoms with Crippen molar-refractivity contribution in [3.8, 4) is 0 Å². The van der Waals surface area contributed by atoms with Gasteiger partial charge < -0.3 is 10.2 Å². The molecule has 4 heteroatoms. The van der Waals surface area contributed by atoms with Gasteiger partial charge in [0.05, 0.1) is 6.54 Å². The number of hydrogen-bond acceptors (Lipinski definition) is 3. The average Bonchev–Trinajstić information content (AvgIpc) is 2.53. The standard InChI is InChI=1S/C11H22N2OS/c1-3-10(2)12-9-11(14)13-5-4-7-15-8-6-13/h10,12H,3-9H2,1-2H3. The van der Waals surface area contributed by atoms with Crippen LogP contribution in [0.3, 0.4) is 0 Å². The molecule has 15 heavy (non-hydrogen) atoms. The third-order valence-electron chi connectivity index (χ3n) is 2.79. The van der Waals surface area contributed by atoms with Gasteiger partial charge in [0.25, 0.3) is 0 Å². The molecule has 1 heterocycles. The van der Waals surface area contributed by atoms with E-state index in [0.717, 1.165) is 31.7 Å². The Morgan fingerprint density at radius 3 is 3.00 bits per heavy atom. The van der Waals surface area contributed by atoms with Crippen molar-refractivity contribution in [3.05, 3.63) is 0 Å². The van der Waals surface area contributed by atoms with E-state index in [9.17, 15) is 4.79 Å². The van der Waals surface area contributed by atoms with Crippen molar-refractivity contribution < 1.29 is 4.79 Å². The maximum Gasteiger partial charge on any atom is 0.236 e. The molecule has 0 aromatic rings. The third-order valence-corrected chi connectivity index (χ3v) is 3.84. The average molecular weight is 230 g/mol. The second kappa shape index (κ2) is 7.12. The Labute approximate surface area is 97.0 Å². The fourth-order valence-electron chi connectivity index (χ4n) is 1.51. The summed E-state index contributed by atoms with van der Waals surface area (Å²) < 4.78 is 0. The first-order chi connectivity index (χ1) is 7.24.